The molecule has 0 bridgehead atoms. The number of aliphatic hydroxyl groups excluding tert-OH is 1. The molecule has 0 heterocycles. The quantitative estimate of drug-likeness (QED) is 0.488. The topological polar surface area (TPSA) is 20.2 Å². The highest BCUT2D eigenvalue weighted by atomic mass is 32.1. The van der Waals surface area contributed by atoms with Gasteiger partial charge >= 0.3 is 0 Å². The number of benzene rings is 1. The minimum atomic E-state index is -0.539. The molecular weight excluding hydrogens is 144 g/mol. The molecule has 54 valence electrons. The van der Waals surface area contributed by atoms with Crippen LogP contribution < -0.4 is 0 Å². The summed E-state index contributed by atoms with van der Waals surface area (Å²) in [6, 6.07) is 9.80. The van der Waals surface area contributed by atoms with Crippen LogP contribution in [0.4, 0.5) is 0 Å². The van der Waals surface area contributed by atoms with E-state index in [4.69, 9.17) is 5.11 Å². The summed E-state index contributed by atoms with van der Waals surface area (Å²) in [6.45, 7) is 0. The number of aliphatic hydroxyl groups is 1. The Hall–Kier alpha value is -0.470. The average molecular weight is 154 g/mol. The van der Waals surface area contributed by atoms with Crippen LogP contribution in [0.3, 0.4) is 0 Å². The molecule has 0 amide bonds. The van der Waals surface area contributed by atoms with Gasteiger partial charge < -0.3 is 5.11 Å². The number of thiol groups is 1. The van der Waals surface area contributed by atoms with Gasteiger partial charge in [-0.05, 0) is 5.56 Å². The molecule has 0 radical (unpaired) electrons. The highest BCUT2D eigenvalue weighted by molar-refractivity contribution is 7.80. The molecule has 0 aliphatic heterocycles. The third-order valence-corrected chi connectivity index (χ3v) is 1.44. The van der Waals surface area contributed by atoms with Crippen molar-refractivity contribution in [3.8, 4) is 0 Å². The van der Waals surface area contributed by atoms with E-state index in [0.29, 0.717) is 6.42 Å². The van der Waals surface area contributed by atoms with Crippen LogP contribution in [-0.4, -0.2) is 10.5 Å². The molecule has 0 saturated heterocycles. The van der Waals surface area contributed by atoms with Crippen LogP contribution in [0.5, 0.6) is 0 Å². The van der Waals surface area contributed by atoms with E-state index < -0.39 is 5.44 Å². The van der Waals surface area contributed by atoms with Crippen molar-refractivity contribution in [1.82, 2.24) is 0 Å². The zero-order chi connectivity index (χ0) is 7.40. The second-order valence-corrected chi connectivity index (χ2v) is 2.77. The molecule has 1 atom stereocenters. The standard InChI is InChI=1S/C8H10OS/c9-8(10)6-7-4-2-1-3-5-7/h1-5,8-10H,6H2. The van der Waals surface area contributed by atoms with Gasteiger partial charge in [-0.1, -0.05) is 30.3 Å². The van der Waals surface area contributed by atoms with Crippen LogP contribution in [0.2, 0.25) is 0 Å². The molecule has 1 aromatic carbocycles. The molecule has 0 fully saturated rings. The summed E-state index contributed by atoms with van der Waals surface area (Å²) in [6.07, 6.45) is 0.615. The number of rotatable bonds is 2. The summed E-state index contributed by atoms with van der Waals surface area (Å²) >= 11 is 3.87. The molecule has 0 aromatic heterocycles. The Kier molecular flexibility index (Phi) is 2.78. The van der Waals surface area contributed by atoms with E-state index >= 15 is 0 Å². The summed E-state index contributed by atoms with van der Waals surface area (Å²) in [5.74, 6) is 0. The zero-order valence-corrected chi connectivity index (χ0v) is 6.46. The summed E-state index contributed by atoms with van der Waals surface area (Å²) in [7, 11) is 0. The lowest BCUT2D eigenvalue weighted by Gasteiger charge is -2.01. The van der Waals surface area contributed by atoms with E-state index in [2.05, 4.69) is 12.6 Å². The molecule has 1 unspecified atom stereocenters. The third kappa shape index (κ3) is 2.42. The third-order valence-electron chi connectivity index (χ3n) is 1.26. The Balaban J connectivity index is 2.59. The highest BCUT2D eigenvalue weighted by Gasteiger charge is 1.96. The van der Waals surface area contributed by atoms with Crippen LogP contribution in [0, 0.1) is 0 Å². The second-order valence-electron chi connectivity index (χ2n) is 2.17. The monoisotopic (exact) mass is 154 g/mol. The summed E-state index contributed by atoms with van der Waals surface area (Å²) in [5.41, 5.74) is 0.576. The smallest absolute Gasteiger partial charge is 0.100 e. The molecule has 10 heavy (non-hydrogen) atoms. The summed E-state index contributed by atoms with van der Waals surface area (Å²) < 4.78 is 0. The molecule has 1 nitrogen and oxygen atoms in total. The Morgan fingerprint density at radius 3 is 2.40 bits per heavy atom. The van der Waals surface area contributed by atoms with Crippen molar-refractivity contribution in [1.29, 1.82) is 0 Å². The first-order chi connectivity index (χ1) is 4.79. The van der Waals surface area contributed by atoms with Gasteiger partial charge in [-0.15, -0.1) is 12.6 Å². The first kappa shape index (κ1) is 7.63. The minimum Gasteiger partial charge on any atom is -0.382 e. The predicted molar refractivity (Wildman–Crippen MR) is 45.1 cm³/mol. The van der Waals surface area contributed by atoms with Crippen LogP contribution >= 0.6 is 12.6 Å². The van der Waals surface area contributed by atoms with E-state index in [1.807, 2.05) is 30.3 Å². The van der Waals surface area contributed by atoms with Crippen molar-refractivity contribution in [2.75, 3.05) is 0 Å². The summed E-state index contributed by atoms with van der Waals surface area (Å²) in [5, 5.41) is 8.87. The van der Waals surface area contributed by atoms with Crippen molar-refractivity contribution < 1.29 is 5.11 Å². The number of hydrogen-bond acceptors (Lipinski definition) is 2. The van der Waals surface area contributed by atoms with Gasteiger partial charge in [0.2, 0.25) is 0 Å². The van der Waals surface area contributed by atoms with Crippen LogP contribution in [-0.2, 0) is 6.42 Å². The molecule has 0 aliphatic rings. The van der Waals surface area contributed by atoms with Gasteiger partial charge in [-0.3, -0.25) is 0 Å². The molecule has 0 spiro atoms. The molecule has 2 heteroatoms. The van der Waals surface area contributed by atoms with E-state index in [1.54, 1.807) is 0 Å². The first-order valence-electron chi connectivity index (χ1n) is 3.19. The lowest BCUT2D eigenvalue weighted by molar-refractivity contribution is 0.266. The van der Waals surface area contributed by atoms with Gasteiger partial charge in [0.1, 0.15) is 5.44 Å². The zero-order valence-electron chi connectivity index (χ0n) is 5.57. The lowest BCUT2D eigenvalue weighted by Crippen LogP contribution is -2.00. The molecule has 0 aliphatic carbocycles. The largest absolute Gasteiger partial charge is 0.382 e. The Bertz CT molecular complexity index is 184. The van der Waals surface area contributed by atoms with Gasteiger partial charge in [0.25, 0.3) is 0 Å². The normalized spacial score (nSPS) is 13.0. The van der Waals surface area contributed by atoms with Gasteiger partial charge in [0.05, 0.1) is 0 Å². The fraction of sp³-hybridized carbons (Fsp3) is 0.250. The van der Waals surface area contributed by atoms with Crippen molar-refractivity contribution in [3.63, 3.8) is 0 Å². The minimum absolute atomic E-state index is 0.539. The SMILES string of the molecule is OC(S)Cc1ccccc1. The van der Waals surface area contributed by atoms with Crippen molar-refractivity contribution >= 4 is 12.6 Å². The molecule has 1 aromatic rings. The number of hydrogen-bond donors (Lipinski definition) is 2. The fourth-order valence-corrected chi connectivity index (χ4v) is 1.04. The Morgan fingerprint density at radius 2 is 1.90 bits per heavy atom. The maximum atomic E-state index is 8.87. The van der Waals surface area contributed by atoms with E-state index in [0.717, 1.165) is 5.56 Å². The Morgan fingerprint density at radius 1 is 1.30 bits per heavy atom. The molecule has 1 N–H and O–H groups in total. The highest BCUT2D eigenvalue weighted by Crippen LogP contribution is 2.04. The van der Waals surface area contributed by atoms with E-state index in [-0.39, 0.29) is 0 Å². The van der Waals surface area contributed by atoms with Crippen molar-refractivity contribution in [3.05, 3.63) is 35.9 Å². The van der Waals surface area contributed by atoms with Crippen LogP contribution in [0.25, 0.3) is 0 Å². The average Bonchev–Trinajstić information content (AvgIpc) is 1.88. The predicted octanol–water partition coefficient (Wildman–Crippen LogP) is 1.48. The maximum Gasteiger partial charge on any atom is 0.100 e. The van der Waals surface area contributed by atoms with Crippen LogP contribution in [0.15, 0.2) is 30.3 Å². The van der Waals surface area contributed by atoms with Gasteiger partial charge in [0.15, 0.2) is 0 Å². The van der Waals surface area contributed by atoms with Crippen molar-refractivity contribution in [2.24, 2.45) is 0 Å². The lowest BCUT2D eigenvalue weighted by atomic mass is 10.2. The Labute approximate surface area is 66.1 Å². The maximum absolute atomic E-state index is 8.87. The summed E-state index contributed by atoms with van der Waals surface area (Å²) in [4.78, 5) is 0. The molecular formula is C8H10OS. The van der Waals surface area contributed by atoms with E-state index in [1.165, 1.54) is 0 Å². The molecule has 1 rings (SSSR count). The van der Waals surface area contributed by atoms with Crippen molar-refractivity contribution in [2.45, 2.75) is 11.9 Å². The van der Waals surface area contributed by atoms with E-state index in [9.17, 15) is 0 Å². The molecule has 0 saturated carbocycles. The van der Waals surface area contributed by atoms with Gasteiger partial charge in [-0.25, -0.2) is 0 Å². The fourth-order valence-electron chi connectivity index (χ4n) is 0.825. The second kappa shape index (κ2) is 3.64. The van der Waals surface area contributed by atoms with Crippen LogP contribution in [0.1, 0.15) is 5.56 Å². The van der Waals surface area contributed by atoms with Gasteiger partial charge in [0, 0.05) is 6.42 Å². The first-order valence-corrected chi connectivity index (χ1v) is 3.71. The van der Waals surface area contributed by atoms with Gasteiger partial charge in [-0.2, -0.15) is 0 Å².